The van der Waals surface area contributed by atoms with Crippen molar-refractivity contribution in [2.75, 3.05) is 40.4 Å². The predicted molar refractivity (Wildman–Crippen MR) is 146 cm³/mol. The summed E-state index contributed by atoms with van der Waals surface area (Å²) in [5.41, 5.74) is -2.78. The van der Waals surface area contributed by atoms with Crippen LogP contribution >= 0.6 is 0 Å². The molecule has 4 rings (SSSR count). The molecule has 42 heavy (non-hydrogen) atoms. The molecule has 0 radical (unpaired) electrons. The summed E-state index contributed by atoms with van der Waals surface area (Å²) in [6, 6.07) is 11.2. The number of rotatable bonds is 8. The lowest BCUT2D eigenvalue weighted by molar-refractivity contribution is -0.143. The number of halogens is 6. The number of likely N-dealkylation sites (tertiary alicyclic amines) is 1. The minimum Gasteiger partial charge on any atom is -0.393 e. The number of benzene rings is 2. The average molecular weight is 601 g/mol. The molecule has 11 heteroatoms. The van der Waals surface area contributed by atoms with Crippen LogP contribution in [0.2, 0.25) is 0 Å². The number of amides is 1. The lowest BCUT2D eigenvalue weighted by atomic mass is 9.68. The fraction of sp³-hybridized carbons (Fsp3) is 0.581. The maximum Gasteiger partial charge on any atom is 0.416 e. The molecule has 232 valence electrons. The van der Waals surface area contributed by atoms with Gasteiger partial charge in [-0.2, -0.15) is 26.3 Å². The van der Waals surface area contributed by atoms with Gasteiger partial charge in [-0.05, 0) is 80.9 Å². The van der Waals surface area contributed by atoms with Gasteiger partial charge in [0.15, 0.2) is 0 Å². The van der Waals surface area contributed by atoms with E-state index in [1.807, 2.05) is 30.3 Å². The molecule has 1 unspecified atom stereocenters. The van der Waals surface area contributed by atoms with Gasteiger partial charge >= 0.3 is 12.4 Å². The molecular weight excluding hydrogens is 562 g/mol. The van der Waals surface area contributed by atoms with Gasteiger partial charge in [-0.3, -0.25) is 4.79 Å². The van der Waals surface area contributed by atoms with E-state index in [9.17, 15) is 36.2 Å². The number of hydrogen-bond donors (Lipinski definition) is 1. The molecule has 1 saturated carbocycles. The van der Waals surface area contributed by atoms with Crippen LogP contribution in [0, 0.1) is 5.92 Å². The van der Waals surface area contributed by atoms with Crippen molar-refractivity contribution in [3.63, 3.8) is 0 Å². The molecule has 1 aliphatic carbocycles. The van der Waals surface area contributed by atoms with Crippen LogP contribution < -0.4 is 0 Å². The summed E-state index contributed by atoms with van der Waals surface area (Å²) in [4.78, 5) is 16.4. The number of alkyl halides is 6. The van der Waals surface area contributed by atoms with Crippen LogP contribution in [-0.4, -0.2) is 67.3 Å². The second-order valence-corrected chi connectivity index (χ2v) is 11.7. The normalized spacial score (nSPS) is 23.5. The number of aliphatic hydroxyl groups is 1. The average Bonchev–Trinajstić information content (AvgIpc) is 2.97. The summed E-state index contributed by atoms with van der Waals surface area (Å²) in [6.07, 6.45) is -6.68. The second kappa shape index (κ2) is 12.9. The van der Waals surface area contributed by atoms with Gasteiger partial charge in [0, 0.05) is 31.5 Å². The Morgan fingerprint density at radius 2 is 1.50 bits per heavy atom. The van der Waals surface area contributed by atoms with Crippen molar-refractivity contribution in [1.29, 1.82) is 0 Å². The maximum atomic E-state index is 13.5. The second-order valence-electron chi connectivity index (χ2n) is 11.7. The number of nitrogens with zero attached hydrogens (tertiary/aromatic N) is 2. The molecule has 1 heterocycles. The van der Waals surface area contributed by atoms with Crippen LogP contribution in [-0.2, 0) is 27.3 Å². The summed E-state index contributed by atoms with van der Waals surface area (Å²) < 4.78 is 86.7. The van der Waals surface area contributed by atoms with Gasteiger partial charge in [0.2, 0.25) is 5.91 Å². The highest BCUT2D eigenvalue weighted by molar-refractivity contribution is 5.78. The molecule has 1 atom stereocenters. The van der Waals surface area contributed by atoms with Gasteiger partial charge in [0.05, 0.1) is 24.3 Å². The van der Waals surface area contributed by atoms with Gasteiger partial charge in [-0.15, -0.1) is 0 Å². The fourth-order valence-electron chi connectivity index (χ4n) is 6.38. The van der Waals surface area contributed by atoms with Gasteiger partial charge < -0.3 is 19.6 Å². The third kappa shape index (κ3) is 7.47. The van der Waals surface area contributed by atoms with Crippen molar-refractivity contribution >= 4 is 5.91 Å². The number of ether oxygens (including phenoxy) is 1. The molecule has 1 saturated heterocycles. The largest absolute Gasteiger partial charge is 0.416 e. The molecule has 2 aromatic rings. The Hall–Kier alpha value is -2.63. The summed E-state index contributed by atoms with van der Waals surface area (Å²) in [6.45, 7) is 0.916. The SMILES string of the molecule is CN(C)C(=O)C1CCN(C2CCC(COC(CO)c3cc(C(F)(F)F)cc(C(F)(F)F)c3)(c3ccccc3)CC2)CC1. The number of aliphatic hydroxyl groups excluding tert-OH is 1. The first-order valence-electron chi connectivity index (χ1n) is 14.3. The molecule has 0 spiro atoms. The number of carbonyl (C=O) groups is 1. The lowest BCUT2D eigenvalue weighted by Crippen LogP contribution is -2.48. The van der Waals surface area contributed by atoms with E-state index in [1.54, 1.807) is 19.0 Å². The zero-order valence-corrected chi connectivity index (χ0v) is 23.8. The van der Waals surface area contributed by atoms with Crippen molar-refractivity contribution in [3.8, 4) is 0 Å². The van der Waals surface area contributed by atoms with Gasteiger partial charge in [-0.25, -0.2) is 0 Å². The summed E-state index contributed by atoms with van der Waals surface area (Å²) in [5, 5.41) is 10.0. The third-order valence-electron chi connectivity index (χ3n) is 8.84. The third-order valence-corrected chi connectivity index (χ3v) is 8.84. The van der Waals surface area contributed by atoms with E-state index < -0.39 is 41.6 Å². The van der Waals surface area contributed by atoms with Crippen molar-refractivity contribution in [2.45, 2.75) is 68.4 Å². The molecular formula is C31H38F6N2O3. The van der Waals surface area contributed by atoms with Gasteiger partial charge in [0.1, 0.15) is 6.10 Å². The Morgan fingerprint density at radius 1 is 0.952 bits per heavy atom. The molecule has 2 fully saturated rings. The standard InChI is InChI=1S/C31H38F6N2O3/c1-38(2)28(41)21-10-14-39(15-11-21)26-8-12-29(13-9-26,23-6-4-3-5-7-23)20-42-27(19-40)22-16-24(30(32,33)34)18-25(17-22)31(35,36)37/h3-7,16-18,21,26-27,40H,8-15,19-20H2,1-2H3. The Kier molecular flexibility index (Phi) is 9.94. The van der Waals surface area contributed by atoms with Gasteiger partial charge in [0.25, 0.3) is 0 Å². The van der Waals surface area contributed by atoms with Gasteiger partial charge in [-0.1, -0.05) is 30.3 Å². The van der Waals surface area contributed by atoms with Crippen molar-refractivity contribution in [2.24, 2.45) is 5.92 Å². The molecule has 1 amide bonds. The van der Waals surface area contributed by atoms with Crippen molar-refractivity contribution in [3.05, 3.63) is 70.8 Å². The van der Waals surface area contributed by atoms with E-state index in [2.05, 4.69) is 4.90 Å². The van der Waals surface area contributed by atoms with Crippen LogP contribution in [0.25, 0.3) is 0 Å². The quantitative estimate of drug-likeness (QED) is 0.354. The van der Waals surface area contributed by atoms with Crippen LogP contribution in [0.5, 0.6) is 0 Å². The Labute approximate surface area is 242 Å². The first kappa shape index (κ1) is 32.3. The number of hydrogen-bond acceptors (Lipinski definition) is 4. The molecule has 0 bridgehead atoms. The molecule has 2 aliphatic rings. The molecule has 5 nitrogen and oxygen atoms in total. The van der Waals surface area contributed by atoms with Crippen molar-refractivity contribution in [1.82, 2.24) is 9.80 Å². The summed E-state index contributed by atoms with van der Waals surface area (Å²) >= 11 is 0. The minimum absolute atomic E-state index is 0.0285. The van der Waals surface area contributed by atoms with E-state index in [0.717, 1.165) is 44.3 Å². The van der Waals surface area contributed by atoms with E-state index in [0.29, 0.717) is 31.0 Å². The summed E-state index contributed by atoms with van der Waals surface area (Å²) in [7, 11) is 3.54. The highest BCUT2D eigenvalue weighted by Gasteiger charge is 2.41. The predicted octanol–water partition coefficient (Wildman–Crippen LogP) is 6.46. The minimum atomic E-state index is -4.99. The maximum absolute atomic E-state index is 13.5. The highest BCUT2D eigenvalue weighted by atomic mass is 19.4. The smallest absolute Gasteiger partial charge is 0.393 e. The Balaban J connectivity index is 1.50. The number of carbonyl (C=O) groups excluding carboxylic acids is 1. The summed E-state index contributed by atoms with van der Waals surface area (Å²) in [5.74, 6) is 0.181. The first-order chi connectivity index (χ1) is 19.7. The van der Waals surface area contributed by atoms with Crippen LogP contribution in [0.3, 0.4) is 0 Å². The topological polar surface area (TPSA) is 53.0 Å². The zero-order chi connectivity index (χ0) is 30.7. The molecule has 2 aromatic carbocycles. The molecule has 1 N–H and O–H groups in total. The van der Waals surface area contributed by atoms with Crippen LogP contribution in [0.4, 0.5) is 26.3 Å². The van der Waals surface area contributed by atoms with E-state index >= 15 is 0 Å². The van der Waals surface area contributed by atoms with E-state index in [-0.39, 0.29) is 30.1 Å². The fourth-order valence-corrected chi connectivity index (χ4v) is 6.38. The zero-order valence-electron chi connectivity index (χ0n) is 23.8. The Bertz CT molecular complexity index is 1150. The Morgan fingerprint density at radius 3 is 1.98 bits per heavy atom. The monoisotopic (exact) mass is 600 g/mol. The molecule has 0 aromatic heterocycles. The number of piperidine rings is 1. The van der Waals surface area contributed by atoms with E-state index in [1.165, 1.54) is 0 Å². The van der Waals surface area contributed by atoms with Crippen molar-refractivity contribution < 1.29 is 41.0 Å². The lowest BCUT2D eigenvalue weighted by Gasteiger charge is -2.46. The highest BCUT2D eigenvalue weighted by Crippen LogP contribution is 2.43. The first-order valence-corrected chi connectivity index (χ1v) is 14.3. The molecule has 1 aliphatic heterocycles. The van der Waals surface area contributed by atoms with Crippen LogP contribution in [0.1, 0.15) is 66.9 Å². The van der Waals surface area contributed by atoms with Crippen LogP contribution in [0.15, 0.2) is 48.5 Å². The van der Waals surface area contributed by atoms with E-state index in [4.69, 9.17) is 4.74 Å².